The summed E-state index contributed by atoms with van der Waals surface area (Å²) in [4.78, 5) is 19.7. The van der Waals surface area contributed by atoms with Gasteiger partial charge in [-0.25, -0.2) is 4.98 Å². The highest BCUT2D eigenvalue weighted by Gasteiger charge is 2.28. The summed E-state index contributed by atoms with van der Waals surface area (Å²) in [5.74, 6) is 0.863. The van der Waals surface area contributed by atoms with Crippen LogP contribution in [0.5, 0.6) is 5.75 Å². The van der Waals surface area contributed by atoms with Crippen LogP contribution in [0.1, 0.15) is 29.4 Å². The van der Waals surface area contributed by atoms with Gasteiger partial charge >= 0.3 is 0 Å². The summed E-state index contributed by atoms with van der Waals surface area (Å²) >= 11 is 1.43. The van der Waals surface area contributed by atoms with Crippen molar-refractivity contribution in [3.8, 4) is 16.3 Å². The van der Waals surface area contributed by atoms with Crippen molar-refractivity contribution >= 4 is 17.2 Å². The van der Waals surface area contributed by atoms with Crippen LogP contribution in [-0.2, 0) is 0 Å². The number of hydrogen-bond acceptors (Lipinski definition) is 5. The standard InChI is InChI=1S/C17H21N3O2S/c1-11-9-13(18)7-8-20(11)17(21)15-10-19-16(23-15)12-3-5-14(22-2)6-4-12/h3-6,10-11,13H,7-9,18H2,1-2H3/t11-,13-/m0/s1. The average molecular weight is 331 g/mol. The van der Waals surface area contributed by atoms with Gasteiger partial charge in [0, 0.05) is 24.2 Å². The molecule has 0 bridgehead atoms. The van der Waals surface area contributed by atoms with Crippen LogP contribution in [0, 0.1) is 0 Å². The fraction of sp³-hybridized carbons (Fsp3) is 0.412. The lowest BCUT2D eigenvalue weighted by Gasteiger charge is -2.36. The molecule has 0 aliphatic carbocycles. The van der Waals surface area contributed by atoms with Gasteiger partial charge in [-0.05, 0) is 44.0 Å². The first-order valence-corrected chi connectivity index (χ1v) is 8.57. The number of nitrogens with two attached hydrogens (primary N) is 1. The predicted molar refractivity (Wildman–Crippen MR) is 91.8 cm³/mol. The van der Waals surface area contributed by atoms with E-state index in [1.54, 1.807) is 13.3 Å². The number of benzene rings is 1. The fourth-order valence-electron chi connectivity index (χ4n) is 2.89. The predicted octanol–water partition coefficient (Wildman–Crippen LogP) is 2.77. The molecule has 1 aliphatic heterocycles. The summed E-state index contributed by atoms with van der Waals surface area (Å²) in [6, 6.07) is 8.07. The molecular weight excluding hydrogens is 310 g/mol. The van der Waals surface area contributed by atoms with Gasteiger partial charge in [-0.3, -0.25) is 4.79 Å². The number of piperidine rings is 1. The first-order valence-electron chi connectivity index (χ1n) is 7.75. The van der Waals surface area contributed by atoms with Gasteiger partial charge in [0.05, 0.1) is 13.3 Å². The molecule has 1 aromatic heterocycles. The monoisotopic (exact) mass is 331 g/mol. The van der Waals surface area contributed by atoms with Crippen LogP contribution in [0.25, 0.3) is 10.6 Å². The van der Waals surface area contributed by atoms with E-state index in [4.69, 9.17) is 10.5 Å². The molecule has 3 rings (SSSR count). The third-order valence-electron chi connectivity index (χ3n) is 4.23. The van der Waals surface area contributed by atoms with Gasteiger partial charge in [0.2, 0.25) is 0 Å². The average Bonchev–Trinajstić information content (AvgIpc) is 3.04. The number of carbonyl (C=O) groups is 1. The molecular formula is C17H21N3O2S. The zero-order valence-electron chi connectivity index (χ0n) is 13.4. The number of hydrogen-bond donors (Lipinski definition) is 1. The van der Waals surface area contributed by atoms with E-state index in [0.717, 1.165) is 35.7 Å². The first-order chi connectivity index (χ1) is 11.1. The van der Waals surface area contributed by atoms with Gasteiger partial charge in [0.15, 0.2) is 0 Å². The molecule has 6 heteroatoms. The Morgan fingerprint density at radius 1 is 1.39 bits per heavy atom. The molecule has 1 saturated heterocycles. The lowest BCUT2D eigenvalue weighted by Crippen LogP contribution is -2.48. The molecule has 5 nitrogen and oxygen atoms in total. The van der Waals surface area contributed by atoms with Crippen LogP contribution < -0.4 is 10.5 Å². The van der Waals surface area contributed by atoms with Crippen LogP contribution in [0.15, 0.2) is 30.5 Å². The van der Waals surface area contributed by atoms with E-state index in [2.05, 4.69) is 11.9 Å². The second-order valence-electron chi connectivity index (χ2n) is 5.89. The number of amides is 1. The maximum atomic E-state index is 12.7. The highest BCUT2D eigenvalue weighted by Crippen LogP contribution is 2.28. The van der Waals surface area contributed by atoms with E-state index in [0.29, 0.717) is 4.88 Å². The van der Waals surface area contributed by atoms with E-state index in [9.17, 15) is 4.79 Å². The maximum Gasteiger partial charge on any atom is 0.265 e. The normalized spacial score (nSPS) is 21.3. The topological polar surface area (TPSA) is 68.5 Å². The lowest BCUT2D eigenvalue weighted by molar-refractivity contribution is 0.0624. The van der Waals surface area contributed by atoms with E-state index in [-0.39, 0.29) is 18.0 Å². The van der Waals surface area contributed by atoms with Gasteiger partial charge in [-0.1, -0.05) is 0 Å². The third-order valence-corrected chi connectivity index (χ3v) is 5.27. The van der Waals surface area contributed by atoms with Crippen molar-refractivity contribution in [2.45, 2.75) is 31.8 Å². The number of aromatic nitrogens is 1. The van der Waals surface area contributed by atoms with E-state index >= 15 is 0 Å². The number of likely N-dealkylation sites (tertiary alicyclic amines) is 1. The minimum absolute atomic E-state index is 0.0571. The molecule has 0 spiro atoms. The first kappa shape index (κ1) is 16.0. The third kappa shape index (κ3) is 3.38. The van der Waals surface area contributed by atoms with Gasteiger partial charge in [-0.2, -0.15) is 0 Å². The zero-order chi connectivity index (χ0) is 16.4. The number of carbonyl (C=O) groups excluding carboxylic acids is 1. The van der Waals surface area contributed by atoms with Crippen LogP contribution in [0.4, 0.5) is 0 Å². The molecule has 0 unspecified atom stereocenters. The lowest BCUT2D eigenvalue weighted by atomic mass is 9.99. The van der Waals surface area contributed by atoms with Crippen molar-refractivity contribution in [3.05, 3.63) is 35.3 Å². The molecule has 2 atom stereocenters. The minimum Gasteiger partial charge on any atom is -0.497 e. The Bertz CT molecular complexity index is 683. The summed E-state index contributed by atoms with van der Waals surface area (Å²) in [6.07, 6.45) is 3.39. The second-order valence-corrected chi connectivity index (χ2v) is 6.92. The number of rotatable bonds is 3. The van der Waals surface area contributed by atoms with E-state index in [1.807, 2.05) is 29.2 Å². The van der Waals surface area contributed by atoms with Gasteiger partial charge in [0.25, 0.3) is 5.91 Å². The Morgan fingerprint density at radius 2 is 2.13 bits per heavy atom. The Morgan fingerprint density at radius 3 is 2.78 bits per heavy atom. The van der Waals surface area contributed by atoms with Crippen molar-refractivity contribution in [3.63, 3.8) is 0 Å². The quantitative estimate of drug-likeness (QED) is 0.939. The summed E-state index contributed by atoms with van der Waals surface area (Å²) < 4.78 is 5.16. The highest BCUT2D eigenvalue weighted by atomic mass is 32.1. The Balaban J connectivity index is 1.76. The number of ether oxygens (including phenoxy) is 1. The molecule has 2 heterocycles. The molecule has 1 fully saturated rings. The SMILES string of the molecule is COc1ccc(-c2ncc(C(=O)N3CC[C@H](N)C[C@@H]3C)s2)cc1. The molecule has 23 heavy (non-hydrogen) atoms. The maximum absolute atomic E-state index is 12.7. The smallest absolute Gasteiger partial charge is 0.265 e. The second kappa shape index (κ2) is 6.68. The molecule has 1 aromatic carbocycles. The molecule has 2 N–H and O–H groups in total. The highest BCUT2D eigenvalue weighted by molar-refractivity contribution is 7.16. The van der Waals surface area contributed by atoms with Crippen molar-refractivity contribution in [1.82, 2.24) is 9.88 Å². The molecule has 2 aromatic rings. The fourth-order valence-corrected chi connectivity index (χ4v) is 3.77. The Kier molecular flexibility index (Phi) is 4.63. The van der Waals surface area contributed by atoms with Gasteiger partial charge in [-0.15, -0.1) is 11.3 Å². The van der Waals surface area contributed by atoms with Crippen LogP contribution in [0.2, 0.25) is 0 Å². The van der Waals surface area contributed by atoms with E-state index in [1.165, 1.54) is 11.3 Å². The van der Waals surface area contributed by atoms with Crippen molar-refractivity contribution in [2.75, 3.05) is 13.7 Å². The minimum atomic E-state index is 0.0571. The summed E-state index contributed by atoms with van der Waals surface area (Å²) in [7, 11) is 1.64. The zero-order valence-corrected chi connectivity index (χ0v) is 14.2. The summed E-state index contributed by atoms with van der Waals surface area (Å²) in [5.41, 5.74) is 6.96. The van der Waals surface area contributed by atoms with Crippen molar-refractivity contribution in [2.24, 2.45) is 5.73 Å². The van der Waals surface area contributed by atoms with Crippen molar-refractivity contribution in [1.29, 1.82) is 0 Å². The van der Waals surface area contributed by atoms with E-state index < -0.39 is 0 Å². The molecule has 1 aliphatic rings. The van der Waals surface area contributed by atoms with Crippen LogP contribution in [-0.4, -0.2) is 41.5 Å². The van der Waals surface area contributed by atoms with Gasteiger partial charge in [0.1, 0.15) is 15.6 Å². The van der Waals surface area contributed by atoms with Crippen LogP contribution in [0.3, 0.4) is 0 Å². The Labute approximate surface area is 140 Å². The summed E-state index contributed by atoms with van der Waals surface area (Å²) in [5, 5.41) is 0.845. The Hall–Kier alpha value is -1.92. The molecule has 1 amide bonds. The number of nitrogens with zero attached hydrogens (tertiary/aromatic N) is 2. The van der Waals surface area contributed by atoms with Crippen molar-refractivity contribution < 1.29 is 9.53 Å². The number of thiazole rings is 1. The molecule has 0 radical (unpaired) electrons. The van der Waals surface area contributed by atoms with Crippen LogP contribution >= 0.6 is 11.3 Å². The number of methoxy groups -OCH3 is 1. The molecule has 0 saturated carbocycles. The van der Waals surface area contributed by atoms with Gasteiger partial charge < -0.3 is 15.4 Å². The summed E-state index contributed by atoms with van der Waals surface area (Å²) in [6.45, 7) is 2.78. The largest absolute Gasteiger partial charge is 0.497 e. The molecule has 122 valence electrons.